The summed E-state index contributed by atoms with van der Waals surface area (Å²) in [6.45, 7) is 1.15. The molecule has 2 aromatic carbocycles. The first-order valence-electron chi connectivity index (χ1n) is 13.0. The average Bonchev–Trinajstić information content (AvgIpc) is 3.75. The number of nitrogens with zero attached hydrogens (tertiary/aromatic N) is 2. The average molecular weight is 618 g/mol. The summed E-state index contributed by atoms with van der Waals surface area (Å²) in [5.74, 6) is -0.00112. The zero-order valence-electron chi connectivity index (χ0n) is 22.3. The lowest BCUT2D eigenvalue weighted by atomic mass is 10.1. The molecule has 0 aliphatic heterocycles. The third-order valence-electron chi connectivity index (χ3n) is 6.75. The number of rotatable bonds is 10. The number of hydrogen-bond donors (Lipinski definition) is 2. The quantitative estimate of drug-likeness (QED) is 0.219. The summed E-state index contributed by atoms with van der Waals surface area (Å²) >= 11 is 1.31. The Bertz CT molecular complexity index is 1670. The molecule has 4 aromatic rings. The Morgan fingerprint density at radius 2 is 1.79 bits per heavy atom. The number of nitrogens with one attached hydrogen (secondary N) is 1. The van der Waals surface area contributed by atoms with Crippen LogP contribution in [0.3, 0.4) is 0 Å². The van der Waals surface area contributed by atoms with Crippen LogP contribution in [-0.4, -0.2) is 41.8 Å². The van der Waals surface area contributed by atoms with Crippen LogP contribution >= 0.6 is 11.3 Å². The second-order valence-electron chi connectivity index (χ2n) is 9.70. The highest BCUT2D eigenvalue weighted by Crippen LogP contribution is 2.49. The number of amides is 1. The predicted octanol–water partition coefficient (Wildman–Crippen LogP) is 6.15. The number of sulfone groups is 1. The number of benzene rings is 2. The normalized spacial score (nSPS) is 14.4. The zero-order chi connectivity index (χ0) is 30.1. The number of carbonyl (C=O) groups is 1. The third kappa shape index (κ3) is 6.63. The van der Waals surface area contributed by atoms with E-state index in [0.717, 1.165) is 29.9 Å². The fourth-order valence-corrected chi connectivity index (χ4v) is 6.19. The molecule has 13 heteroatoms. The van der Waals surface area contributed by atoms with Crippen LogP contribution in [0, 0.1) is 0 Å². The molecule has 42 heavy (non-hydrogen) atoms. The number of alkyl halides is 3. The van der Waals surface area contributed by atoms with Gasteiger partial charge in [0.15, 0.2) is 9.84 Å². The molecular weight excluding hydrogens is 591 g/mol. The Hall–Kier alpha value is -3.81. The van der Waals surface area contributed by atoms with E-state index in [-0.39, 0.29) is 33.1 Å². The summed E-state index contributed by atoms with van der Waals surface area (Å²) in [5.41, 5.74) is 1.12. The van der Waals surface area contributed by atoms with Crippen LogP contribution in [0.25, 0.3) is 11.4 Å². The molecule has 1 atom stereocenters. The molecule has 2 aromatic heterocycles. The monoisotopic (exact) mass is 617 g/mol. The van der Waals surface area contributed by atoms with Crippen molar-refractivity contribution in [2.24, 2.45) is 0 Å². The van der Waals surface area contributed by atoms with Gasteiger partial charge in [0.2, 0.25) is 0 Å². The molecule has 0 radical (unpaired) electrons. The number of aliphatic hydroxyl groups excluding tert-OH is 1. The molecule has 1 aliphatic carbocycles. The minimum absolute atomic E-state index is 0.0357. The van der Waals surface area contributed by atoms with Gasteiger partial charge >= 0.3 is 6.18 Å². The number of pyridine rings is 1. The zero-order valence-corrected chi connectivity index (χ0v) is 23.9. The topological polar surface area (TPSA) is 118 Å². The van der Waals surface area contributed by atoms with E-state index in [1.807, 2.05) is 0 Å². The van der Waals surface area contributed by atoms with E-state index in [1.165, 1.54) is 41.8 Å². The molecule has 1 amide bonds. The van der Waals surface area contributed by atoms with Crippen molar-refractivity contribution in [3.05, 3.63) is 88.4 Å². The maximum Gasteiger partial charge on any atom is 0.416 e. The summed E-state index contributed by atoms with van der Waals surface area (Å²) in [6, 6.07) is 12.8. The van der Waals surface area contributed by atoms with Crippen LogP contribution in [0.1, 0.15) is 58.1 Å². The van der Waals surface area contributed by atoms with Gasteiger partial charge in [-0.25, -0.2) is 13.4 Å². The molecule has 220 valence electrons. The molecule has 8 nitrogen and oxygen atoms in total. The Labute approximate surface area is 244 Å². The maximum atomic E-state index is 12.9. The third-order valence-corrected chi connectivity index (χ3v) is 9.59. The first kappa shape index (κ1) is 29.7. The lowest BCUT2D eigenvalue weighted by Crippen LogP contribution is -2.30. The SMILES string of the molecule is CCS(=O)(=O)c1ccc([C@H](CO)NC(=O)c2ccc(-c3nc(Oc4ccc(C(F)(F)F)cc4)sc3C3CC3)nc2)cc1. The van der Waals surface area contributed by atoms with Gasteiger partial charge in [0.1, 0.15) is 11.4 Å². The number of hydrogen-bond acceptors (Lipinski definition) is 8. The van der Waals surface area contributed by atoms with Gasteiger partial charge in [-0.05, 0) is 72.9 Å². The van der Waals surface area contributed by atoms with Crippen molar-refractivity contribution in [1.82, 2.24) is 15.3 Å². The van der Waals surface area contributed by atoms with Gasteiger partial charge in [-0.3, -0.25) is 9.78 Å². The Morgan fingerprint density at radius 3 is 2.33 bits per heavy atom. The molecule has 5 rings (SSSR count). The molecular formula is C29H26F3N3O5S2. The summed E-state index contributed by atoms with van der Waals surface area (Å²) in [4.78, 5) is 23.0. The number of aromatic nitrogens is 2. The Balaban J connectivity index is 1.30. The number of aliphatic hydroxyl groups is 1. The van der Waals surface area contributed by atoms with E-state index >= 15 is 0 Å². The van der Waals surface area contributed by atoms with Crippen LogP contribution in [-0.2, 0) is 16.0 Å². The molecule has 0 unspecified atom stereocenters. The van der Waals surface area contributed by atoms with E-state index in [0.29, 0.717) is 17.0 Å². The second-order valence-corrected chi connectivity index (χ2v) is 13.0. The highest BCUT2D eigenvalue weighted by atomic mass is 32.2. The summed E-state index contributed by atoms with van der Waals surface area (Å²) < 4.78 is 68.5. The van der Waals surface area contributed by atoms with Crippen molar-refractivity contribution >= 4 is 27.1 Å². The Morgan fingerprint density at radius 1 is 1.10 bits per heavy atom. The van der Waals surface area contributed by atoms with Crippen molar-refractivity contribution in [2.75, 3.05) is 12.4 Å². The molecule has 2 N–H and O–H groups in total. The fourth-order valence-electron chi connectivity index (χ4n) is 4.19. The van der Waals surface area contributed by atoms with Crippen molar-refractivity contribution in [2.45, 2.75) is 42.8 Å². The molecule has 1 saturated carbocycles. The van der Waals surface area contributed by atoms with Gasteiger partial charge in [-0.1, -0.05) is 30.4 Å². The fraction of sp³-hybridized carbons (Fsp3) is 0.276. The van der Waals surface area contributed by atoms with Crippen LogP contribution < -0.4 is 10.1 Å². The lowest BCUT2D eigenvalue weighted by Gasteiger charge is -2.17. The highest BCUT2D eigenvalue weighted by molar-refractivity contribution is 7.91. The van der Waals surface area contributed by atoms with E-state index in [2.05, 4.69) is 15.3 Å². The van der Waals surface area contributed by atoms with E-state index in [1.54, 1.807) is 31.2 Å². The second kappa shape index (κ2) is 11.8. The number of ether oxygens (including phenoxy) is 1. The number of thiazole rings is 1. The minimum atomic E-state index is -4.44. The summed E-state index contributed by atoms with van der Waals surface area (Å²) in [6.07, 6.45) is -1.10. The van der Waals surface area contributed by atoms with Gasteiger partial charge < -0.3 is 15.2 Å². The van der Waals surface area contributed by atoms with Crippen molar-refractivity contribution < 1.29 is 36.2 Å². The highest BCUT2D eigenvalue weighted by Gasteiger charge is 2.32. The number of carbonyl (C=O) groups excluding carboxylic acids is 1. The summed E-state index contributed by atoms with van der Waals surface area (Å²) in [5, 5.41) is 12.9. The van der Waals surface area contributed by atoms with Crippen LogP contribution in [0.5, 0.6) is 10.9 Å². The lowest BCUT2D eigenvalue weighted by molar-refractivity contribution is -0.137. The maximum absolute atomic E-state index is 12.9. The molecule has 0 saturated heterocycles. The molecule has 0 spiro atoms. The van der Waals surface area contributed by atoms with Gasteiger partial charge in [-0.2, -0.15) is 13.2 Å². The largest absolute Gasteiger partial charge is 0.431 e. The number of halogens is 3. The smallest absolute Gasteiger partial charge is 0.416 e. The minimum Gasteiger partial charge on any atom is -0.431 e. The first-order valence-corrected chi connectivity index (χ1v) is 15.5. The van der Waals surface area contributed by atoms with Crippen LogP contribution in [0.15, 0.2) is 71.8 Å². The van der Waals surface area contributed by atoms with Crippen molar-refractivity contribution in [3.8, 4) is 22.3 Å². The molecule has 1 fully saturated rings. The predicted molar refractivity (Wildman–Crippen MR) is 150 cm³/mol. The molecule has 2 heterocycles. The summed E-state index contributed by atoms with van der Waals surface area (Å²) in [7, 11) is -3.37. The van der Waals surface area contributed by atoms with Gasteiger partial charge in [0.05, 0.1) is 40.1 Å². The molecule has 0 bridgehead atoms. The van der Waals surface area contributed by atoms with E-state index in [9.17, 15) is 31.5 Å². The van der Waals surface area contributed by atoms with Crippen molar-refractivity contribution in [3.63, 3.8) is 0 Å². The van der Waals surface area contributed by atoms with Gasteiger partial charge in [-0.15, -0.1) is 0 Å². The first-order chi connectivity index (χ1) is 20.0. The van der Waals surface area contributed by atoms with Gasteiger partial charge in [0.25, 0.3) is 11.1 Å². The Kier molecular flexibility index (Phi) is 8.35. The van der Waals surface area contributed by atoms with E-state index < -0.39 is 40.1 Å². The van der Waals surface area contributed by atoms with Gasteiger partial charge in [0, 0.05) is 11.1 Å². The van der Waals surface area contributed by atoms with Crippen LogP contribution in [0.2, 0.25) is 0 Å². The van der Waals surface area contributed by atoms with Crippen LogP contribution in [0.4, 0.5) is 13.2 Å². The van der Waals surface area contributed by atoms with E-state index in [4.69, 9.17) is 4.74 Å². The standard InChI is InChI=1S/C29H26F3N3O5S2/c1-2-42(38,39)22-12-5-17(6-13-22)24(16-36)34-27(37)19-7-14-23(33-15-19)25-26(18-3-4-18)41-28(35-25)40-21-10-8-20(9-11-21)29(30,31)32/h5-15,18,24,36H,2-4,16H2,1H3,(H,34,37)/t24-/m0/s1. The molecule has 1 aliphatic rings. The van der Waals surface area contributed by atoms with Crippen molar-refractivity contribution in [1.29, 1.82) is 0 Å².